The number of nitrogens with one attached hydrogen (secondary N) is 3. The van der Waals surface area contributed by atoms with Crippen LogP contribution in [-0.2, 0) is 6.42 Å². The maximum absolute atomic E-state index is 12.4. The molecule has 0 atom stereocenters. The average molecular weight is 559 g/mol. The molecule has 0 saturated heterocycles. The lowest BCUT2D eigenvalue weighted by molar-refractivity contribution is 0.0652. The van der Waals surface area contributed by atoms with Gasteiger partial charge in [-0.15, -0.1) is 24.0 Å². The van der Waals surface area contributed by atoms with Crippen LogP contribution in [0.4, 0.5) is 0 Å². The predicted octanol–water partition coefficient (Wildman–Crippen LogP) is 3.96. The Morgan fingerprint density at radius 3 is 2.39 bits per heavy atom. The van der Waals surface area contributed by atoms with E-state index in [0.717, 1.165) is 43.8 Å². The molecule has 8 heteroatoms. The molecule has 4 rings (SSSR count). The molecule has 33 heavy (non-hydrogen) atoms. The Balaban J connectivity index is 0.00000306. The monoisotopic (exact) mass is 559 g/mol. The van der Waals surface area contributed by atoms with E-state index in [1.165, 1.54) is 15.8 Å². The number of unbranched alkanes of at least 4 members (excludes halogenated alkanes) is 1. The molecule has 0 unspecified atom stereocenters. The second-order valence-corrected chi connectivity index (χ2v) is 7.81. The van der Waals surface area contributed by atoms with Gasteiger partial charge in [0.05, 0.1) is 11.1 Å². The number of rotatable bonds is 9. The summed E-state index contributed by atoms with van der Waals surface area (Å²) < 4.78 is 0. The number of hydrogen-bond acceptors (Lipinski definition) is 3. The van der Waals surface area contributed by atoms with E-state index in [1.807, 2.05) is 13.0 Å². The van der Waals surface area contributed by atoms with Crippen molar-refractivity contribution in [2.45, 2.75) is 26.2 Å². The van der Waals surface area contributed by atoms with Crippen LogP contribution in [0.5, 0.6) is 0 Å². The van der Waals surface area contributed by atoms with E-state index in [-0.39, 0.29) is 35.8 Å². The normalized spacial score (nSPS) is 13.2. The molecular weight excluding hydrogens is 529 g/mol. The number of carbonyl (C=O) groups excluding carboxylic acids is 2. The molecule has 0 fully saturated rings. The van der Waals surface area contributed by atoms with Gasteiger partial charge in [-0.2, -0.15) is 0 Å². The van der Waals surface area contributed by atoms with E-state index in [1.54, 1.807) is 24.3 Å². The molecule has 0 aliphatic carbocycles. The Morgan fingerprint density at radius 2 is 1.67 bits per heavy atom. The summed E-state index contributed by atoms with van der Waals surface area (Å²) in [6.07, 6.45) is 4.49. The summed E-state index contributed by atoms with van der Waals surface area (Å²) in [4.78, 5) is 34.1. The summed E-state index contributed by atoms with van der Waals surface area (Å²) in [5.74, 6) is 0.399. The summed E-state index contributed by atoms with van der Waals surface area (Å²) in [5.41, 5.74) is 3.44. The highest BCUT2D eigenvalue weighted by Gasteiger charge is 2.34. The first kappa shape index (κ1) is 24.8. The van der Waals surface area contributed by atoms with Gasteiger partial charge in [-0.25, -0.2) is 0 Å². The maximum atomic E-state index is 12.4. The van der Waals surface area contributed by atoms with Crippen molar-refractivity contribution < 1.29 is 9.59 Å². The molecule has 2 aromatic carbocycles. The number of nitrogens with zero attached hydrogens (tertiary/aromatic N) is 2. The van der Waals surface area contributed by atoms with Crippen molar-refractivity contribution in [1.82, 2.24) is 20.5 Å². The smallest absolute Gasteiger partial charge is 0.261 e. The third-order valence-corrected chi connectivity index (χ3v) is 5.64. The van der Waals surface area contributed by atoms with Crippen LogP contribution >= 0.6 is 24.0 Å². The number of benzene rings is 2. The van der Waals surface area contributed by atoms with Crippen LogP contribution in [0.15, 0.2) is 59.7 Å². The van der Waals surface area contributed by atoms with Gasteiger partial charge < -0.3 is 15.6 Å². The van der Waals surface area contributed by atoms with Gasteiger partial charge in [-0.1, -0.05) is 30.3 Å². The number of guanidine groups is 1. The fourth-order valence-corrected chi connectivity index (χ4v) is 4.01. The fraction of sp³-hybridized carbons (Fsp3) is 0.320. The van der Waals surface area contributed by atoms with Gasteiger partial charge in [0.15, 0.2) is 5.96 Å². The second-order valence-electron chi connectivity index (χ2n) is 7.81. The standard InChI is InChI=1S/C25H29N5O2.HI/c1-2-26-25(28-15-13-18-17-29-22-12-6-5-9-19(18)22)27-14-7-8-16-30-23(31)20-10-3-4-11-21(20)24(30)32;/h3-6,9-12,17,29H,2,7-8,13-16H2,1H3,(H2,26,27,28);1H. The minimum atomic E-state index is -0.193. The van der Waals surface area contributed by atoms with Gasteiger partial charge in [-0.3, -0.25) is 19.5 Å². The Labute approximate surface area is 211 Å². The molecule has 0 bridgehead atoms. The second kappa shape index (κ2) is 11.8. The van der Waals surface area contributed by atoms with Crippen molar-refractivity contribution in [3.05, 3.63) is 71.4 Å². The zero-order valence-electron chi connectivity index (χ0n) is 18.8. The highest BCUT2D eigenvalue weighted by molar-refractivity contribution is 14.0. The molecule has 1 aliphatic rings. The largest absolute Gasteiger partial charge is 0.361 e. The van der Waals surface area contributed by atoms with E-state index < -0.39 is 0 Å². The number of hydrogen-bond donors (Lipinski definition) is 3. The first-order valence-corrected chi connectivity index (χ1v) is 11.2. The molecule has 0 saturated carbocycles. The fourth-order valence-electron chi connectivity index (χ4n) is 4.01. The van der Waals surface area contributed by atoms with Crippen molar-refractivity contribution in [1.29, 1.82) is 0 Å². The Kier molecular flexibility index (Phi) is 8.87. The third-order valence-electron chi connectivity index (χ3n) is 5.64. The average Bonchev–Trinajstić information content (AvgIpc) is 3.33. The number of H-pyrrole nitrogens is 1. The lowest BCUT2D eigenvalue weighted by atomic mass is 10.1. The summed E-state index contributed by atoms with van der Waals surface area (Å²) in [6, 6.07) is 15.3. The van der Waals surface area contributed by atoms with Crippen molar-refractivity contribution in [3.63, 3.8) is 0 Å². The number of amides is 2. The Hall–Kier alpha value is -2.88. The SMILES string of the molecule is CCNC(=NCCCCN1C(=O)c2ccccc2C1=O)NCCc1c[nH]c2ccccc12.I. The zero-order valence-corrected chi connectivity index (χ0v) is 21.1. The van der Waals surface area contributed by atoms with Crippen molar-refractivity contribution in [2.75, 3.05) is 26.2 Å². The molecule has 7 nitrogen and oxygen atoms in total. The van der Waals surface area contributed by atoms with Crippen LogP contribution in [0.25, 0.3) is 10.9 Å². The van der Waals surface area contributed by atoms with Crippen LogP contribution in [0.3, 0.4) is 0 Å². The lowest BCUT2D eigenvalue weighted by Crippen LogP contribution is -2.38. The minimum absolute atomic E-state index is 0. The van der Waals surface area contributed by atoms with Crippen molar-refractivity contribution in [2.24, 2.45) is 4.99 Å². The van der Waals surface area contributed by atoms with Crippen molar-refractivity contribution in [3.8, 4) is 0 Å². The quantitative estimate of drug-likeness (QED) is 0.122. The number of aromatic nitrogens is 1. The molecule has 2 heterocycles. The van der Waals surface area contributed by atoms with Gasteiger partial charge in [-0.05, 0) is 49.9 Å². The van der Waals surface area contributed by atoms with Gasteiger partial charge >= 0.3 is 0 Å². The zero-order chi connectivity index (χ0) is 22.3. The molecule has 0 spiro atoms. The van der Waals surface area contributed by atoms with E-state index in [0.29, 0.717) is 24.2 Å². The van der Waals surface area contributed by atoms with Crippen LogP contribution in [0.2, 0.25) is 0 Å². The molecular formula is C25H30IN5O2. The van der Waals surface area contributed by atoms with Crippen LogP contribution in [0, 0.1) is 0 Å². The van der Waals surface area contributed by atoms with Gasteiger partial charge in [0.1, 0.15) is 0 Å². The number of halogens is 1. The van der Waals surface area contributed by atoms with E-state index in [4.69, 9.17) is 0 Å². The van der Waals surface area contributed by atoms with E-state index in [2.05, 4.69) is 45.0 Å². The number of aromatic amines is 1. The van der Waals surface area contributed by atoms with Gasteiger partial charge in [0.25, 0.3) is 11.8 Å². The van der Waals surface area contributed by atoms with E-state index >= 15 is 0 Å². The van der Waals surface area contributed by atoms with Crippen molar-refractivity contribution >= 4 is 52.7 Å². The number of carbonyl (C=O) groups is 2. The number of aliphatic imine (C=N–C) groups is 1. The summed E-state index contributed by atoms with van der Waals surface area (Å²) in [7, 11) is 0. The third kappa shape index (κ3) is 5.73. The highest BCUT2D eigenvalue weighted by atomic mass is 127. The molecule has 174 valence electrons. The maximum Gasteiger partial charge on any atom is 0.261 e. The lowest BCUT2D eigenvalue weighted by Gasteiger charge is -2.13. The van der Waals surface area contributed by atoms with Gasteiger partial charge in [0, 0.05) is 43.3 Å². The highest BCUT2D eigenvalue weighted by Crippen LogP contribution is 2.22. The molecule has 1 aromatic heterocycles. The molecule has 0 radical (unpaired) electrons. The van der Waals surface area contributed by atoms with Crippen LogP contribution in [0.1, 0.15) is 46.0 Å². The van der Waals surface area contributed by atoms with E-state index in [9.17, 15) is 9.59 Å². The molecule has 2 amide bonds. The molecule has 3 aromatic rings. The van der Waals surface area contributed by atoms with Crippen LogP contribution in [-0.4, -0.2) is 53.8 Å². The summed E-state index contributed by atoms with van der Waals surface area (Å²) >= 11 is 0. The summed E-state index contributed by atoms with van der Waals surface area (Å²) in [5, 5.41) is 7.91. The molecule has 3 N–H and O–H groups in total. The minimum Gasteiger partial charge on any atom is -0.361 e. The van der Waals surface area contributed by atoms with Gasteiger partial charge in [0.2, 0.25) is 0 Å². The Bertz CT molecular complexity index is 1110. The first-order chi connectivity index (χ1) is 15.7. The Morgan fingerprint density at radius 1 is 0.970 bits per heavy atom. The predicted molar refractivity (Wildman–Crippen MR) is 142 cm³/mol. The van der Waals surface area contributed by atoms with Crippen LogP contribution < -0.4 is 10.6 Å². The molecule has 1 aliphatic heterocycles. The number of para-hydroxylation sites is 1. The number of imide groups is 1. The topological polar surface area (TPSA) is 89.6 Å². The summed E-state index contributed by atoms with van der Waals surface area (Å²) in [6.45, 7) is 4.66. The number of fused-ring (bicyclic) bond motifs is 2. The first-order valence-electron chi connectivity index (χ1n) is 11.2.